The second-order valence-electron chi connectivity index (χ2n) is 4.83. The Morgan fingerprint density at radius 1 is 1.23 bits per heavy atom. The molecule has 0 bridgehead atoms. The van der Waals surface area contributed by atoms with Gasteiger partial charge in [0.15, 0.2) is 0 Å². The average Bonchev–Trinajstić information content (AvgIpc) is 2.47. The molecule has 0 spiro atoms. The molecule has 0 heterocycles. The molecule has 0 saturated heterocycles. The van der Waals surface area contributed by atoms with Crippen molar-refractivity contribution >= 4 is 29.0 Å². The Kier molecular flexibility index (Phi) is 5.55. The number of carbonyl (C=O) groups is 1. The van der Waals surface area contributed by atoms with Gasteiger partial charge in [-0.25, -0.2) is 0 Å². The molecule has 0 unspecified atom stereocenters. The van der Waals surface area contributed by atoms with Gasteiger partial charge in [0.25, 0.3) is 5.69 Å². The summed E-state index contributed by atoms with van der Waals surface area (Å²) in [7, 11) is 0. The van der Waals surface area contributed by atoms with E-state index in [2.05, 4.69) is 5.32 Å². The van der Waals surface area contributed by atoms with Crippen molar-refractivity contribution < 1.29 is 9.72 Å². The first-order valence-corrected chi connectivity index (χ1v) is 7.87. The zero-order valence-corrected chi connectivity index (χ0v) is 12.9. The summed E-state index contributed by atoms with van der Waals surface area (Å²) in [5.41, 5.74) is 2.92. The molecule has 2 rings (SSSR count). The highest BCUT2D eigenvalue weighted by molar-refractivity contribution is 7.99. The van der Waals surface area contributed by atoms with Gasteiger partial charge in [0.1, 0.15) is 0 Å². The summed E-state index contributed by atoms with van der Waals surface area (Å²) < 4.78 is 0. The fraction of sp³-hybridized carbons (Fsp3) is 0.188. The van der Waals surface area contributed by atoms with Gasteiger partial charge in [0.05, 0.1) is 10.7 Å². The van der Waals surface area contributed by atoms with E-state index in [0.29, 0.717) is 11.5 Å². The summed E-state index contributed by atoms with van der Waals surface area (Å²) in [4.78, 5) is 22.0. The number of nitrogens with one attached hydrogen (secondary N) is 1. The fourth-order valence-corrected chi connectivity index (χ4v) is 2.68. The number of benzene rings is 2. The standard InChI is InChI=1S/C16H16N2O3S/c1-12-3-2-4-14(9-12)17-16(19)11-22-10-13-5-7-15(8-6-13)18(20)21/h2-9H,10-11H2,1H3,(H,17,19). The minimum atomic E-state index is -0.424. The zero-order chi connectivity index (χ0) is 15.9. The van der Waals surface area contributed by atoms with Crippen LogP contribution in [0, 0.1) is 17.0 Å². The lowest BCUT2D eigenvalue weighted by Gasteiger charge is -2.06. The molecule has 0 aliphatic rings. The van der Waals surface area contributed by atoms with Crippen LogP contribution in [-0.2, 0) is 10.5 Å². The number of hydrogen-bond acceptors (Lipinski definition) is 4. The van der Waals surface area contributed by atoms with E-state index < -0.39 is 4.92 Å². The van der Waals surface area contributed by atoms with Gasteiger partial charge in [-0.3, -0.25) is 14.9 Å². The Hall–Kier alpha value is -2.34. The van der Waals surface area contributed by atoms with E-state index in [1.165, 1.54) is 23.9 Å². The van der Waals surface area contributed by atoms with Crippen molar-refractivity contribution in [2.24, 2.45) is 0 Å². The number of non-ortho nitro benzene ring substituents is 1. The van der Waals surface area contributed by atoms with Gasteiger partial charge in [-0.1, -0.05) is 24.3 Å². The van der Waals surface area contributed by atoms with Crippen LogP contribution in [0.5, 0.6) is 0 Å². The van der Waals surface area contributed by atoms with Crippen molar-refractivity contribution in [3.8, 4) is 0 Å². The summed E-state index contributed by atoms with van der Waals surface area (Å²) in [6.07, 6.45) is 0. The molecular formula is C16H16N2O3S. The first-order valence-electron chi connectivity index (χ1n) is 6.72. The monoisotopic (exact) mass is 316 g/mol. The van der Waals surface area contributed by atoms with Crippen LogP contribution in [0.3, 0.4) is 0 Å². The fourth-order valence-electron chi connectivity index (χ4n) is 1.90. The third-order valence-electron chi connectivity index (χ3n) is 2.95. The Morgan fingerprint density at radius 3 is 2.59 bits per heavy atom. The third kappa shape index (κ3) is 4.89. The molecule has 6 heteroatoms. The third-order valence-corrected chi connectivity index (χ3v) is 3.95. The predicted molar refractivity (Wildman–Crippen MR) is 89.1 cm³/mol. The quantitative estimate of drug-likeness (QED) is 0.650. The highest BCUT2D eigenvalue weighted by Gasteiger charge is 2.06. The minimum Gasteiger partial charge on any atom is -0.325 e. The summed E-state index contributed by atoms with van der Waals surface area (Å²) in [5, 5.41) is 13.4. The van der Waals surface area contributed by atoms with Crippen LogP contribution in [0.4, 0.5) is 11.4 Å². The van der Waals surface area contributed by atoms with Crippen LogP contribution < -0.4 is 5.32 Å². The van der Waals surface area contributed by atoms with Gasteiger partial charge < -0.3 is 5.32 Å². The number of rotatable bonds is 6. The van der Waals surface area contributed by atoms with Crippen molar-refractivity contribution in [1.82, 2.24) is 0 Å². The Balaban J connectivity index is 1.78. The highest BCUT2D eigenvalue weighted by atomic mass is 32.2. The van der Waals surface area contributed by atoms with E-state index in [-0.39, 0.29) is 11.6 Å². The van der Waals surface area contributed by atoms with Crippen LogP contribution in [-0.4, -0.2) is 16.6 Å². The molecule has 0 fully saturated rings. The summed E-state index contributed by atoms with van der Waals surface area (Å²) in [6, 6.07) is 14.0. The van der Waals surface area contributed by atoms with Crippen molar-refractivity contribution in [3.63, 3.8) is 0 Å². The maximum atomic E-state index is 11.8. The largest absolute Gasteiger partial charge is 0.325 e. The molecule has 0 radical (unpaired) electrons. The van der Waals surface area contributed by atoms with Crippen molar-refractivity contribution in [2.45, 2.75) is 12.7 Å². The maximum Gasteiger partial charge on any atom is 0.269 e. The lowest BCUT2D eigenvalue weighted by Crippen LogP contribution is -2.14. The SMILES string of the molecule is Cc1cccc(NC(=O)CSCc2ccc([N+](=O)[O-])cc2)c1. The second kappa shape index (κ2) is 7.61. The molecule has 1 amide bonds. The molecule has 2 aromatic carbocycles. The van der Waals surface area contributed by atoms with Gasteiger partial charge in [-0.2, -0.15) is 0 Å². The Labute approximate surface area is 132 Å². The molecular weight excluding hydrogens is 300 g/mol. The van der Waals surface area contributed by atoms with E-state index in [1.54, 1.807) is 12.1 Å². The number of nitro groups is 1. The lowest BCUT2D eigenvalue weighted by molar-refractivity contribution is -0.384. The molecule has 0 aromatic heterocycles. The number of anilines is 1. The molecule has 5 nitrogen and oxygen atoms in total. The van der Waals surface area contributed by atoms with Gasteiger partial charge in [-0.15, -0.1) is 11.8 Å². The van der Waals surface area contributed by atoms with Gasteiger partial charge in [-0.05, 0) is 30.2 Å². The smallest absolute Gasteiger partial charge is 0.269 e. The first-order chi connectivity index (χ1) is 10.5. The molecule has 0 aliphatic carbocycles. The predicted octanol–water partition coefficient (Wildman–Crippen LogP) is 3.78. The molecule has 0 saturated carbocycles. The number of nitro benzene ring substituents is 1. The number of amides is 1. The van der Waals surface area contributed by atoms with Gasteiger partial charge in [0.2, 0.25) is 5.91 Å². The Bertz CT molecular complexity index is 671. The van der Waals surface area contributed by atoms with Crippen molar-refractivity contribution in [1.29, 1.82) is 0 Å². The first kappa shape index (κ1) is 16.0. The van der Waals surface area contributed by atoms with E-state index in [1.807, 2.05) is 31.2 Å². The normalized spacial score (nSPS) is 10.2. The maximum absolute atomic E-state index is 11.8. The average molecular weight is 316 g/mol. The molecule has 22 heavy (non-hydrogen) atoms. The van der Waals surface area contributed by atoms with Crippen LogP contribution in [0.1, 0.15) is 11.1 Å². The van der Waals surface area contributed by atoms with Crippen LogP contribution in [0.15, 0.2) is 48.5 Å². The second-order valence-corrected chi connectivity index (χ2v) is 5.82. The molecule has 1 N–H and O–H groups in total. The number of hydrogen-bond donors (Lipinski definition) is 1. The zero-order valence-electron chi connectivity index (χ0n) is 12.1. The van der Waals surface area contributed by atoms with Crippen LogP contribution in [0.25, 0.3) is 0 Å². The number of aryl methyl sites for hydroxylation is 1. The van der Waals surface area contributed by atoms with Gasteiger partial charge in [0, 0.05) is 23.6 Å². The van der Waals surface area contributed by atoms with E-state index in [9.17, 15) is 14.9 Å². The molecule has 0 atom stereocenters. The highest BCUT2D eigenvalue weighted by Crippen LogP contribution is 2.17. The van der Waals surface area contributed by atoms with E-state index in [0.717, 1.165) is 16.8 Å². The Morgan fingerprint density at radius 2 is 1.95 bits per heavy atom. The van der Waals surface area contributed by atoms with E-state index >= 15 is 0 Å². The summed E-state index contributed by atoms with van der Waals surface area (Å²) in [5.74, 6) is 0.918. The minimum absolute atomic E-state index is 0.0579. The van der Waals surface area contributed by atoms with Gasteiger partial charge >= 0.3 is 0 Å². The van der Waals surface area contributed by atoms with Crippen molar-refractivity contribution in [3.05, 3.63) is 69.8 Å². The molecule has 2 aromatic rings. The summed E-state index contributed by atoms with van der Waals surface area (Å²) in [6.45, 7) is 1.97. The molecule has 0 aliphatic heterocycles. The number of thioether (sulfide) groups is 1. The van der Waals surface area contributed by atoms with Crippen LogP contribution >= 0.6 is 11.8 Å². The lowest BCUT2D eigenvalue weighted by atomic mass is 10.2. The number of nitrogens with zero attached hydrogens (tertiary/aromatic N) is 1. The van der Waals surface area contributed by atoms with E-state index in [4.69, 9.17) is 0 Å². The summed E-state index contributed by atoms with van der Waals surface area (Å²) >= 11 is 1.47. The topological polar surface area (TPSA) is 72.2 Å². The van der Waals surface area contributed by atoms with Crippen molar-refractivity contribution in [2.75, 3.05) is 11.1 Å². The molecule has 114 valence electrons. The van der Waals surface area contributed by atoms with Crippen LogP contribution in [0.2, 0.25) is 0 Å². The number of carbonyl (C=O) groups excluding carboxylic acids is 1.